The van der Waals surface area contributed by atoms with Crippen molar-refractivity contribution in [2.75, 3.05) is 26.9 Å². The van der Waals surface area contributed by atoms with E-state index in [9.17, 15) is 8.42 Å². The van der Waals surface area contributed by atoms with Gasteiger partial charge >= 0.3 is 0 Å². The first kappa shape index (κ1) is 16.2. The lowest BCUT2D eigenvalue weighted by atomic mass is 10.3. The topological polar surface area (TPSA) is 64.6 Å². The van der Waals surface area contributed by atoms with Crippen molar-refractivity contribution >= 4 is 21.6 Å². The van der Waals surface area contributed by atoms with Gasteiger partial charge in [0, 0.05) is 26.3 Å². The summed E-state index contributed by atoms with van der Waals surface area (Å²) < 4.78 is 36.6. The summed E-state index contributed by atoms with van der Waals surface area (Å²) in [4.78, 5) is 0.137. The number of sulfonamides is 1. The monoisotopic (exact) mass is 307 g/mol. The van der Waals surface area contributed by atoms with E-state index in [2.05, 4.69) is 4.72 Å². The third-order valence-electron chi connectivity index (χ3n) is 2.33. The molecule has 108 valence electrons. The summed E-state index contributed by atoms with van der Waals surface area (Å²) >= 11 is 5.91. The average Bonchev–Trinajstić information content (AvgIpc) is 2.37. The highest BCUT2D eigenvalue weighted by Crippen LogP contribution is 2.27. The maximum atomic E-state index is 12.0. The highest BCUT2D eigenvalue weighted by atomic mass is 35.5. The summed E-state index contributed by atoms with van der Waals surface area (Å²) in [7, 11) is -1.97. The third-order valence-corrected chi connectivity index (χ3v) is 4.10. The Hall–Kier alpha value is -0.820. The van der Waals surface area contributed by atoms with Gasteiger partial charge in [0.15, 0.2) is 0 Å². The molecule has 0 aliphatic carbocycles. The molecule has 0 bridgehead atoms. The Balaban J connectivity index is 2.80. The van der Waals surface area contributed by atoms with Gasteiger partial charge in [-0.05, 0) is 25.5 Å². The normalized spacial score (nSPS) is 11.5. The van der Waals surface area contributed by atoms with Gasteiger partial charge in [-0.3, -0.25) is 0 Å². The van der Waals surface area contributed by atoms with E-state index in [0.717, 1.165) is 0 Å². The molecule has 0 aliphatic heterocycles. The van der Waals surface area contributed by atoms with Gasteiger partial charge in [0.1, 0.15) is 5.75 Å². The van der Waals surface area contributed by atoms with Crippen LogP contribution in [-0.2, 0) is 14.8 Å². The molecule has 1 rings (SSSR count). The summed E-state index contributed by atoms with van der Waals surface area (Å²) in [5, 5.41) is 0.389. The molecular weight excluding hydrogens is 290 g/mol. The minimum Gasteiger partial charge on any atom is -0.492 e. The number of halogens is 1. The SMILES string of the molecule is CCOc1cc(S(=O)(=O)NCCCOC)ccc1Cl. The highest BCUT2D eigenvalue weighted by Gasteiger charge is 2.15. The number of benzene rings is 1. The van der Waals surface area contributed by atoms with E-state index in [0.29, 0.717) is 37.0 Å². The summed E-state index contributed by atoms with van der Waals surface area (Å²) in [6.07, 6.45) is 0.613. The summed E-state index contributed by atoms with van der Waals surface area (Å²) in [5.74, 6) is 0.365. The zero-order valence-electron chi connectivity index (χ0n) is 11.0. The average molecular weight is 308 g/mol. The van der Waals surface area contributed by atoms with Gasteiger partial charge in [-0.1, -0.05) is 11.6 Å². The predicted molar refractivity (Wildman–Crippen MR) is 74.3 cm³/mol. The largest absolute Gasteiger partial charge is 0.492 e. The number of hydrogen-bond acceptors (Lipinski definition) is 4. The Labute approximate surface area is 118 Å². The van der Waals surface area contributed by atoms with Gasteiger partial charge in [0.05, 0.1) is 16.5 Å². The molecule has 0 atom stereocenters. The van der Waals surface area contributed by atoms with Crippen molar-refractivity contribution < 1.29 is 17.9 Å². The summed E-state index contributed by atoms with van der Waals surface area (Å²) in [6, 6.07) is 4.38. The Kier molecular flexibility index (Phi) is 6.57. The fourth-order valence-corrected chi connectivity index (χ4v) is 2.68. The lowest BCUT2D eigenvalue weighted by Gasteiger charge is -2.10. The number of rotatable bonds is 8. The van der Waals surface area contributed by atoms with E-state index in [1.165, 1.54) is 18.2 Å². The molecule has 0 aromatic heterocycles. The first-order chi connectivity index (χ1) is 9.01. The van der Waals surface area contributed by atoms with Gasteiger partial charge in [-0.2, -0.15) is 0 Å². The van der Waals surface area contributed by atoms with Crippen LogP contribution < -0.4 is 9.46 Å². The maximum Gasteiger partial charge on any atom is 0.240 e. The third kappa shape index (κ3) is 4.99. The van der Waals surface area contributed by atoms with Crippen LogP contribution in [0.4, 0.5) is 0 Å². The van der Waals surface area contributed by atoms with Crippen LogP contribution in [-0.4, -0.2) is 35.3 Å². The van der Waals surface area contributed by atoms with E-state index in [1.807, 2.05) is 0 Å². The molecule has 0 amide bonds. The molecule has 0 unspecified atom stereocenters. The van der Waals surface area contributed by atoms with Crippen molar-refractivity contribution in [1.29, 1.82) is 0 Å². The standard InChI is InChI=1S/C12H18ClNO4S/c1-3-18-12-9-10(5-6-11(12)13)19(15,16)14-7-4-8-17-2/h5-6,9,14H,3-4,7-8H2,1-2H3. The van der Waals surface area contributed by atoms with Gasteiger partial charge in [0.25, 0.3) is 0 Å². The number of hydrogen-bond donors (Lipinski definition) is 1. The zero-order valence-corrected chi connectivity index (χ0v) is 12.6. The minimum atomic E-state index is -3.54. The molecule has 0 heterocycles. The van der Waals surface area contributed by atoms with Crippen LogP contribution in [0.3, 0.4) is 0 Å². The van der Waals surface area contributed by atoms with Crippen LogP contribution in [0.2, 0.25) is 5.02 Å². The highest BCUT2D eigenvalue weighted by molar-refractivity contribution is 7.89. The molecule has 0 spiro atoms. The second kappa shape index (κ2) is 7.69. The molecule has 1 N–H and O–H groups in total. The van der Waals surface area contributed by atoms with Crippen molar-refractivity contribution in [2.45, 2.75) is 18.2 Å². The Morgan fingerprint density at radius 3 is 2.74 bits per heavy atom. The van der Waals surface area contributed by atoms with Crippen molar-refractivity contribution in [2.24, 2.45) is 0 Å². The lowest BCUT2D eigenvalue weighted by molar-refractivity contribution is 0.196. The predicted octanol–water partition coefficient (Wildman–Crippen LogP) is 2.05. The zero-order chi connectivity index (χ0) is 14.3. The fraction of sp³-hybridized carbons (Fsp3) is 0.500. The molecular formula is C12H18ClNO4S. The van der Waals surface area contributed by atoms with Crippen LogP contribution in [0, 0.1) is 0 Å². The van der Waals surface area contributed by atoms with E-state index >= 15 is 0 Å². The summed E-state index contributed by atoms with van der Waals surface area (Å²) in [5.41, 5.74) is 0. The van der Waals surface area contributed by atoms with Crippen LogP contribution in [0.1, 0.15) is 13.3 Å². The van der Waals surface area contributed by atoms with Gasteiger partial charge in [0.2, 0.25) is 10.0 Å². The molecule has 0 fully saturated rings. The number of ether oxygens (including phenoxy) is 2. The van der Waals surface area contributed by atoms with E-state index in [4.69, 9.17) is 21.1 Å². The molecule has 1 aromatic carbocycles. The molecule has 0 saturated carbocycles. The Morgan fingerprint density at radius 1 is 1.37 bits per heavy atom. The van der Waals surface area contributed by atoms with Crippen LogP contribution in [0.5, 0.6) is 5.75 Å². The van der Waals surface area contributed by atoms with E-state index in [1.54, 1.807) is 14.0 Å². The van der Waals surface area contributed by atoms with Crippen molar-refractivity contribution in [3.8, 4) is 5.75 Å². The lowest BCUT2D eigenvalue weighted by Crippen LogP contribution is -2.25. The van der Waals surface area contributed by atoms with E-state index < -0.39 is 10.0 Å². The Bertz CT molecular complexity index is 504. The van der Waals surface area contributed by atoms with Crippen molar-refractivity contribution in [1.82, 2.24) is 4.72 Å². The van der Waals surface area contributed by atoms with Gasteiger partial charge in [-0.15, -0.1) is 0 Å². The summed E-state index contributed by atoms with van der Waals surface area (Å²) in [6.45, 7) is 3.06. The van der Waals surface area contributed by atoms with E-state index in [-0.39, 0.29) is 4.90 Å². The first-order valence-corrected chi connectivity index (χ1v) is 7.78. The van der Waals surface area contributed by atoms with Crippen LogP contribution in [0.25, 0.3) is 0 Å². The molecule has 1 aromatic rings. The maximum absolute atomic E-state index is 12.0. The molecule has 0 saturated heterocycles. The quantitative estimate of drug-likeness (QED) is 0.747. The minimum absolute atomic E-state index is 0.137. The first-order valence-electron chi connectivity index (χ1n) is 5.92. The number of nitrogens with one attached hydrogen (secondary N) is 1. The van der Waals surface area contributed by atoms with Crippen molar-refractivity contribution in [3.63, 3.8) is 0 Å². The molecule has 0 aliphatic rings. The van der Waals surface area contributed by atoms with Crippen LogP contribution >= 0.6 is 11.6 Å². The molecule has 5 nitrogen and oxygen atoms in total. The molecule has 7 heteroatoms. The van der Waals surface area contributed by atoms with Crippen molar-refractivity contribution in [3.05, 3.63) is 23.2 Å². The van der Waals surface area contributed by atoms with Gasteiger partial charge in [-0.25, -0.2) is 13.1 Å². The van der Waals surface area contributed by atoms with Crippen LogP contribution in [0.15, 0.2) is 23.1 Å². The fourth-order valence-electron chi connectivity index (χ4n) is 1.42. The molecule has 0 radical (unpaired) electrons. The van der Waals surface area contributed by atoms with Gasteiger partial charge < -0.3 is 9.47 Å². The second-order valence-electron chi connectivity index (χ2n) is 3.77. The number of methoxy groups -OCH3 is 1. The Morgan fingerprint density at radius 2 is 2.11 bits per heavy atom. The molecule has 19 heavy (non-hydrogen) atoms. The smallest absolute Gasteiger partial charge is 0.240 e. The second-order valence-corrected chi connectivity index (χ2v) is 5.94.